The number of thiophene rings is 1. The smallest absolute Gasteiger partial charge is 0.348 e. The number of ether oxygens (including phenoxy) is 3. The van der Waals surface area contributed by atoms with Gasteiger partial charge in [-0.3, -0.25) is 4.79 Å². The van der Waals surface area contributed by atoms with E-state index >= 15 is 0 Å². The standard InChI is InChI=1S/C21H23NO7S/c1-11(2)13-6-8-14(9-7-13)19(24)29-10-15(23)22-18-16(20(25)27-4)12(3)17(30-18)21(26)28-5/h6-9,11H,10H2,1-5H3,(H,22,23). The van der Waals surface area contributed by atoms with Gasteiger partial charge in [0.05, 0.1) is 25.3 Å². The number of carbonyl (C=O) groups excluding carboxylic acids is 4. The number of amides is 1. The summed E-state index contributed by atoms with van der Waals surface area (Å²) in [7, 11) is 2.40. The Balaban J connectivity index is 2.09. The zero-order chi connectivity index (χ0) is 22.4. The van der Waals surface area contributed by atoms with Crippen LogP contribution in [0.1, 0.15) is 61.3 Å². The number of carbonyl (C=O) groups is 4. The Morgan fingerprint density at radius 3 is 2.10 bits per heavy atom. The van der Waals surface area contributed by atoms with Gasteiger partial charge >= 0.3 is 17.9 Å². The average molecular weight is 433 g/mol. The second kappa shape index (κ2) is 10.0. The topological polar surface area (TPSA) is 108 Å². The molecule has 2 aromatic rings. The normalized spacial score (nSPS) is 10.5. The van der Waals surface area contributed by atoms with E-state index in [1.54, 1.807) is 19.1 Å². The maximum atomic E-state index is 12.3. The van der Waals surface area contributed by atoms with Gasteiger partial charge in [0, 0.05) is 0 Å². The molecular weight excluding hydrogens is 410 g/mol. The molecule has 1 amide bonds. The van der Waals surface area contributed by atoms with E-state index in [2.05, 4.69) is 5.32 Å². The van der Waals surface area contributed by atoms with Crippen molar-refractivity contribution in [2.75, 3.05) is 26.1 Å². The van der Waals surface area contributed by atoms with Crippen LogP contribution in [-0.4, -0.2) is 44.6 Å². The summed E-state index contributed by atoms with van der Waals surface area (Å²) in [6, 6.07) is 6.92. The second-order valence-corrected chi connectivity index (χ2v) is 7.67. The first kappa shape index (κ1) is 23.1. The molecule has 30 heavy (non-hydrogen) atoms. The predicted octanol–water partition coefficient (Wildman–Crippen LogP) is 3.55. The lowest BCUT2D eigenvalue weighted by Gasteiger charge is -2.08. The largest absolute Gasteiger partial charge is 0.465 e. The highest BCUT2D eigenvalue weighted by Gasteiger charge is 2.27. The van der Waals surface area contributed by atoms with E-state index < -0.39 is 30.4 Å². The number of rotatable bonds is 7. The quantitative estimate of drug-likeness (QED) is 0.525. The van der Waals surface area contributed by atoms with Gasteiger partial charge in [-0.2, -0.15) is 0 Å². The van der Waals surface area contributed by atoms with Crippen molar-refractivity contribution < 1.29 is 33.4 Å². The van der Waals surface area contributed by atoms with Gasteiger partial charge in [0.2, 0.25) is 0 Å². The van der Waals surface area contributed by atoms with Gasteiger partial charge in [-0.25, -0.2) is 14.4 Å². The highest BCUT2D eigenvalue weighted by atomic mass is 32.1. The summed E-state index contributed by atoms with van der Waals surface area (Å²) in [6.45, 7) is 5.07. The van der Waals surface area contributed by atoms with Crippen molar-refractivity contribution in [2.45, 2.75) is 26.7 Å². The first-order valence-corrected chi connectivity index (χ1v) is 9.88. The molecule has 0 aliphatic rings. The number of hydrogen-bond donors (Lipinski definition) is 1. The van der Waals surface area contributed by atoms with Crippen LogP contribution in [0.2, 0.25) is 0 Å². The van der Waals surface area contributed by atoms with Crippen LogP contribution < -0.4 is 5.32 Å². The number of esters is 3. The van der Waals surface area contributed by atoms with Gasteiger partial charge in [-0.1, -0.05) is 26.0 Å². The third kappa shape index (κ3) is 5.24. The van der Waals surface area contributed by atoms with Crippen molar-refractivity contribution in [2.24, 2.45) is 0 Å². The minimum absolute atomic E-state index is 0.0480. The molecule has 9 heteroatoms. The van der Waals surface area contributed by atoms with E-state index in [1.165, 1.54) is 14.2 Å². The van der Waals surface area contributed by atoms with E-state index in [0.29, 0.717) is 17.0 Å². The average Bonchev–Trinajstić information content (AvgIpc) is 3.06. The number of hydrogen-bond acceptors (Lipinski definition) is 8. The van der Waals surface area contributed by atoms with Crippen LogP contribution in [0.5, 0.6) is 0 Å². The van der Waals surface area contributed by atoms with Gasteiger partial charge in [0.15, 0.2) is 6.61 Å². The molecule has 0 bridgehead atoms. The molecular formula is C21H23NO7S. The summed E-state index contributed by atoms with van der Waals surface area (Å²) in [5, 5.41) is 2.60. The van der Waals surface area contributed by atoms with Crippen molar-refractivity contribution in [3.05, 3.63) is 51.4 Å². The van der Waals surface area contributed by atoms with E-state index in [-0.39, 0.29) is 15.4 Å². The van der Waals surface area contributed by atoms with Crippen LogP contribution in [0.15, 0.2) is 24.3 Å². The van der Waals surface area contributed by atoms with Crippen molar-refractivity contribution in [1.29, 1.82) is 0 Å². The maximum absolute atomic E-state index is 12.3. The van der Waals surface area contributed by atoms with Gasteiger partial charge in [-0.05, 0) is 36.1 Å². The second-order valence-electron chi connectivity index (χ2n) is 6.64. The molecule has 2 rings (SSSR count). The Hall–Kier alpha value is -3.20. The third-order valence-corrected chi connectivity index (χ3v) is 5.49. The van der Waals surface area contributed by atoms with E-state index in [0.717, 1.165) is 16.9 Å². The van der Waals surface area contributed by atoms with Gasteiger partial charge in [-0.15, -0.1) is 11.3 Å². The lowest BCUT2D eigenvalue weighted by Crippen LogP contribution is -2.21. The third-order valence-electron chi connectivity index (χ3n) is 4.31. The van der Waals surface area contributed by atoms with Crippen molar-refractivity contribution >= 4 is 40.2 Å². The molecule has 0 radical (unpaired) electrons. The minimum Gasteiger partial charge on any atom is -0.465 e. The molecule has 1 N–H and O–H groups in total. The number of methoxy groups -OCH3 is 2. The summed E-state index contributed by atoms with van der Waals surface area (Å²) in [4.78, 5) is 48.6. The Bertz CT molecular complexity index is 960. The summed E-state index contributed by atoms with van der Waals surface area (Å²) >= 11 is 0.878. The number of benzene rings is 1. The fraction of sp³-hybridized carbons (Fsp3) is 0.333. The van der Waals surface area contributed by atoms with Gasteiger partial charge in [0.1, 0.15) is 9.88 Å². The SMILES string of the molecule is COC(=O)c1sc(NC(=O)COC(=O)c2ccc(C(C)C)cc2)c(C(=O)OC)c1C. The molecule has 0 fully saturated rings. The van der Waals surface area contributed by atoms with Crippen LogP contribution >= 0.6 is 11.3 Å². The highest BCUT2D eigenvalue weighted by Crippen LogP contribution is 2.34. The molecule has 160 valence electrons. The molecule has 0 saturated heterocycles. The first-order chi connectivity index (χ1) is 14.2. The van der Waals surface area contributed by atoms with Crippen molar-refractivity contribution in [1.82, 2.24) is 0 Å². The van der Waals surface area contributed by atoms with Crippen LogP contribution in [0, 0.1) is 6.92 Å². The lowest BCUT2D eigenvalue weighted by atomic mass is 10.0. The Kier molecular flexibility index (Phi) is 7.71. The predicted molar refractivity (Wildman–Crippen MR) is 111 cm³/mol. The number of nitrogens with one attached hydrogen (secondary N) is 1. The zero-order valence-electron chi connectivity index (χ0n) is 17.4. The summed E-state index contributed by atoms with van der Waals surface area (Å²) in [5.74, 6) is -2.33. The molecule has 0 aliphatic heterocycles. The molecule has 1 aromatic carbocycles. The monoisotopic (exact) mass is 433 g/mol. The summed E-state index contributed by atoms with van der Waals surface area (Å²) in [5.41, 5.74) is 1.78. The molecule has 1 aromatic heterocycles. The molecule has 0 spiro atoms. The summed E-state index contributed by atoms with van der Waals surface area (Å²) < 4.78 is 14.5. The fourth-order valence-electron chi connectivity index (χ4n) is 2.62. The van der Waals surface area contributed by atoms with Crippen LogP contribution in [0.3, 0.4) is 0 Å². The molecule has 0 saturated carbocycles. The van der Waals surface area contributed by atoms with E-state index in [1.807, 2.05) is 26.0 Å². The van der Waals surface area contributed by atoms with Crippen molar-refractivity contribution in [3.63, 3.8) is 0 Å². The van der Waals surface area contributed by atoms with Crippen LogP contribution in [-0.2, 0) is 19.0 Å². The Morgan fingerprint density at radius 2 is 1.57 bits per heavy atom. The molecule has 0 aliphatic carbocycles. The zero-order valence-corrected chi connectivity index (χ0v) is 18.2. The highest BCUT2D eigenvalue weighted by molar-refractivity contribution is 7.18. The minimum atomic E-state index is -0.712. The molecule has 0 atom stereocenters. The van der Waals surface area contributed by atoms with E-state index in [4.69, 9.17) is 14.2 Å². The first-order valence-electron chi connectivity index (χ1n) is 9.06. The maximum Gasteiger partial charge on any atom is 0.348 e. The Morgan fingerprint density at radius 1 is 0.967 bits per heavy atom. The van der Waals surface area contributed by atoms with Crippen LogP contribution in [0.25, 0.3) is 0 Å². The summed E-state index contributed by atoms with van der Waals surface area (Å²) in [6.07, 6.45) is 0. The molecule has 0 unspecified atom stereocenters. The fourth-order valence-corrected chi connectivity index (χ4v) is 3.75. The van der Waals surface area contributed by atoms with Gasteiger partial charge in [0.25, 0.3) is 5.91 Å². The van der Waals surface area contributed by atoms with Crippen molar-refractivity contribution in [3.8, 4) is 0 Å². The molecule has 8 nitrogen and oxygen atoms in total. The number of anilines is 1. The van der Waals surface area contributed by atoms with Gasteiger partial charge < -0.3 is 19.5 Å². The lowest BCUT2D eigenvalue weighted by molar-refractivity contribution is -0.119. The Labute approximate surface area is 178 Å². The van der Waals surface area contributed by atoms with E-state index in [9.17, 15) is 19.2 Å². The molecule has 1 heterocycles. The van der Waals surface area contributed by atoms with Crippen LogP contribution in [0.4, 0.5) is 5.00 Å².